The van der Waals surface area contributed by atoms with Gasteiger partial charge in [-0.05, 0) is 30.2 Å². The van der Waals surface area contributed by atoms with Crippen molar-refractivity contribution in [1.29, 1.82) is 0 Å². The van der Waals surface area contributed by atoms with Crippen LogP contribution in [-0.2, 0) is 6.42 Å². The van der Waals surface area contributed by atoms with Gasteiger partial charge in [-0.25, -0.2) is 0 Å². The van der Waals surface area contributed by atoms with Crippen LogP contribution in [0.1, 0.15) is 25.1 Å². The van der Waals surface area contributed by atoms with E-state index in [1.165, 1.54) is 17.1 Å². The van der Waals surface area contributed by atoms with Gasteiger partial charge in [-0.1, -0.05) is 19.9 Å². The maximum Gasteiger partial charge on any atom is 0.193 e. The Morgan fingerprint density at radius 3 is 3.10 bits per heavy atom. The van der Waals surface area contributed by atoms with Gasteiger partial charge in [0.15, 0.2) is 5.96 Å². The Balaban J connectivity index is 1.79. The first-order valence-electron chi connectivity index (χ1n) is 7.82. The van der Waals surface area contributed by atoms with E-state index in [1.54, 1.807) is 0 Å². The molecule has 1 saturated heterocycles. The molecule has 1 aliphatic rings. The van der Waals surface area contributed by atoms with Crippen LogP contribution in [0.4, 0.5) is 0 Å². The van der Waals surface area contributed by atoms with Gasteiger partial charge < -0.3 is 10.2 Å². The Morgan fingerprint density at radius 2 is 2.43 bits per heavy atom. The molecule has 0 bridgehead atoms. The highest BCUT2D eigenvalue weighted by molar-refractivity contribution is 8.00. The van der Waals surface area contributed by atoms with Crippen molar-refractivity contribution < 1.29 is 0 Å². The van der Waals surface area contributed by atoms with Gasteiger partial charge >= 0.3 is 0 Å². The molecule has 2 rings (SSSR count). The second kappa shape index (κ2) is 8.69. The summed E-state index contributed by atoms with van der Waals surface area (Å²) in [5.41, 5.74) is 0. The van der Waals surface area contributed by atoms with E-state index in [9.17, 15) is 0 Å². The van der Waals surface area contributed by atoms with Crippen LogP contribution in [0.2, 0.25) is 0 Å². The zero-order chi connectivity index (χ0) is 15.1. The predicted molar refractivity (Wildman–Crippen MR) is 96.7 cm³/mol. The summed E-state index contributed by atoms with van der Waals surface area (Å²) in [6.07, 6.45) is 2.39. The van der Waals surface area contributed by atoms with E-state index in [2.05, 4.69) is 58.3 Å². The second-order valence-electron chi connectivity index (χ2n) is 5.66. The fourth-order valence-electron chi connectivity index (χ4n) is 2.60. The van der Waals surface area contributed by atoms with Gasteiger partial charge in [0.1, 0.15) is 0 Å². The molecule has 1 fully saturated rings. The number of guanidine groups is 1. The van der Waals surface area contributed by atoms with E-state index >= 15 is 0 Å². The van der Waals surface area contributed by atoms with Crippen LogP contribution in [0, 0.1) is 5.92 Å². The minimum absolute atomic E-state index is 0.626. The first-order chi connectivity index (χ1) is 10.2. The smallest absolute Gasteiger partial charge is 0.193 e. The summed E-state index contributed by atoms with van der Waals surface area (Å²) in [6, 6.07) is 4.36. The minimum atomic E-state index is 0.626. The predicted octanol–water partition coefficient (Wildman–Crippen LogP) is 3.33. The van der Waals surface area contributed by atoms with E-state index in [0.717, 1.165) is 37.3 Å². The van der Waals surface area contributed by atoms with Gasteiger partial charge in [0, 0.05) is 42.6 Å². The van der Waals surface area contributed by atoms with E-state index < -0.39 is 0 Å². The van der Waals surface area contributed by atoms with Gasteiger partial charge in [0.2, 0.25) is 0 Å². The molecule has 1 aliphatic heterocycles. The maximum atomic E-state index is 4.47. The summed E-state index contributed by atoms with van der Waals surface area (Å²) in [4.78, 5) is 8.37. The summed E-state index contributed by atoms with van der Waals surface area (Å²) in [5, 5.41) is 6.48. The van der Waals surface area contributed by atoms with Crippen molar-refractivity contribution >= 4 is 29.1 Å². The fourth-order valence-corrected chi connectivity index (χ4v) is 4.65. The molecule has 1 aromatic heterocycles. The molecular formula is C16H27N3S2. The van der Waals surface area contributed by atoms with E-state index in [1.807, 2.05) is 18.4 Å². The Morgan fingerprint density at radius 1 is 1.57 bits per heavy atom. The zero-order valence-corrected chi connectivity index (χ0v) is 15.0. The quantitative estimate of drug-likeness (QED) is 0.665. The van der Waals surface area contributed by atoms with Crippen LogP contribution >= 0.6 is 23.1 Å². The van der Waals surface area contributed by atoms with Crippen molar-refractivity contribution in [2.24, 2.45) is 10.9 Å². The average molecular weight is 326 g/mol. The largest absolute Gasteiger partial charge is 0.356 e. The molecule has 5 heteroatoms. The molecule has 21 heavy (non-hydrogen) atoms. The molecule has 2 atom stereocenters. The van der Waals surface area contributed by atoms with E-state index in [4.69, 9.17) is 0 Å². The lowest BCUT2D eigenvalue weighted by Gasteiger charge is -2.34. The van der Waals surface area contributed by atoms with Crippen LogP contribution in [-0.4, -0.2) is 48.5 Å². The molecule has 0 amide bonds. The lowest BCUT2D eigenvalue weighted by atomic mass is 10.1. The lowest BCUT2D eigenvalue weighted by Crippen LogP contribution is -2.48. The van der Waals surface area contributed by atoms with Crippen molar-refractivity contribution in [3.05, 3.63) is 22.4 Å². The number of hydrogen-bond donors (Lipinski definition) is 1. The van der Waals surface area contributed by atoms with Gasteiger partial charge in [0.25, 0.3) is 0 Å². The molecular weight excluding hydrogens is 298 g/mol. The summed E-state index contributed by atoms with van der Waals surface area (Å²) < 4.78 is 0. The third kappa shape index (κ3) is 5.22. The van der Waals surface area contributed by atoms with Crippen molar-refractivity contribution in [2.45, 2.75) is 31.9 Å². The molecule has 0 spiro atoms. The molecule has 0 saturated carbocycles. The Bertz CT molecular complexity index is 431. The van der Waals surface area contributed by atoms with Crippen molar-refractivity contribution in [1.82, 2.24) is 10.2 Å². The van der Waals surface area contributed by atoms with Crippen LogP contribution in [0.5, 0.6) is 0 Å². The molecule has 1 aromatic rings. The lowest BCUT2D eigenvalue weighted by molar-refractivity contribution is 0.402. The third-order valence-corrected chi connectivity index (χ3v) is 6.11. The molecule has 2 unspecified atom stereocenters. The molecule has 1 N–H and O–H groups in total. The third-order valence-electron chi connectivity index (χ3n) is 3.84. The van der Waals surface area contributed by atoms with Crippen LogP contribution in [0.15, 0.2) is 22.5 Å². The molecule has 118 valence electrons. The summed E-state index contributed by atoms with van der Waals surface area (Å²) in [5.74, 6) is 2.91. The molecule has 0 aliphatic carbocycles. The van der Waals surface area contributed by atoms with Crippen LogP contribution < -0.4 is 5.32 Å². The number of nitrogens with one attached hydrogen (secondary N) is 1. The van der Waals surface area contributed by atoms with Gasteiger partial charge in [0.05, 0.1) is 0 Å². The highest BCUT2D eigenvalue weighted by Crippen LogP contribution is 2.21. The highest BCUT2D eigenvalue weighted by atomic mass is 32.2. The SMILES string of the molecule is CCC1CN(C(=NC)NCC(C)Cc2cccs2)CCS1. The maximum absolute atomic E-state index is 4.47. The van der Waals surface area contributed by atoms with Gasteiger partial charge in [-0.3, -0.25) is 4.99 Å². The number of thioether (sulfide) groups is 1. The molecule has 0 radical (unpaired) electrons. The Kier molecular flexibility index (Phi) is 6.90. The number of nitrogens with zero attached hydrogens (tertiary/aromatic N) is 2. The first kappa shape index (κ1) is 16.7. The standard InChI is InChI=1S/C16H27N3S2/c1-4-14-12-19(7-9-21-14)16(17-3)18-11-13(2)10-15-6-5-8-20-15/h5-6,8,13-14H,4,7,9-12H2,1-3H3,(H,17,18). The van der Waals surface area contributed by atoms with Gasteiger partial charge in [-0.2, -0.15) is 11.8 Å². The normalized spacial score (nSPS) is 21.4. The zero-order valence-electron chi connectivity index (χ0n) is 13.3. The van der Waals surface area contributed by atoms with Crippen molar-refractivity contribution in [3.63, 3.8) is 0 Å². The molecule has 0 aromatic carbocycles. The van der Waals surface area contributed by atoms with Crippen LogP contribution in [0.3, 0.4) is 0 Å². The van der Waals surface area contributed by atoms with E-state index in [0.29, 0.717) is 5.92 Å². The van der Waals surface area contributed by atoms with Crippen molar-refractivity contribution in [3.8, 4) is 0 Å². The molecule has 3 nitrogen and oxygen atoms in total. The second-order valence-corrected chi connectivity index (χ2v) is 8.10. The first-order valence-corrected chi connectivity index (χ1v) is 9.75. The monoisotopic (exact) mass is 325 g/mol. The summed E-state index contributed by atoms with van der Waals surface area (Å²) in [7, 11) is 1.90. The number of thiophene rings is 1. The summed E-state index contributed by atoms with van der Waals surface area (Å²) >= 11 is 3.95. The fraction of sp³-hybridized carbons (Fsp3) is 0.688. The topological polar surface area (TPSA) is 27.6 Å². The Hall–Kier alpha value is -0.680. The summed E-state index contributed by atoms with van der Waals surface area (Å²) in [6.45, 7) is 7.81. The van der Waals surface area contributed by atoms with E-state index in [-0.39, 0.29) is 0 Å². The minimum Gasteiger partial charge on any atom is -0.356 e. The Labute approximate surface area is 137 Å². The average Bonchev–Trinajstić information content (AvgIpc) is 3.01. The van der Waals surface area contributed by atoms with Crippen molar-refractivity contribution in [2.75, 3.05) is 32.4 Å². The molecule has 2 heterocycles. The number of hydrogen-bond acceptors (Lipinski definition) is 3. The number of aliphatic imine (C=N–C) groups is 1. The van der Waals surface area contributed by atoms with Gasteiger partial charge in [-0.15, -0.1) is 11.3 Å². The number of rotatable bonds is 5. The van der Waals surface area contributed by atoms with Crippen LogP contribution in [0.25, 0.3) is 0 Å². The highest BCUT2D eigenvalue weighted by Gasteiger charge is 2.21.